The molecule has 1 atom stereocenters. The van der Waals surface area contributed by atoms with Crippen LogP contribution in [0, 0.1) is 0 Å². The molecule has 4 N–H and O–H groups in total. The Morgan fingerprint density at radius 2 is 2.11 bits per heavy atom. The first kappa shape index (κ1) is 15.8. The van der Waals surface area contributed by atoms with Crippen molar-refractivity contribution in [3.05, 3.63) is 66.4 Å². The van der Waals surface area contributed by atoms with E-state index in [9.17, 15) is 0 Å². The van der Waals surface area contributed by atoms with Crippen LogP contribution in [0.5, 0.6) is 0 Å². The highest BCUT2D eigenvalue weighted by Gasteiger charge is 2.48. The smallest absolute Gasteiger partial charge is 0.261 e. The maximum atomic E-state index is 6.50. The third-order valence-corrected chi connectivity index (χ3v) is 5.41. The number of quaternary nitrogens is 1. The van der Waals surface area contributed by atoms with Crippen LogP contribution in [0.15, 0.2) is 65.8 Å². The molecule has 0 radical (unpaired) electrons. The summed E-state index contributed by atoms with van der Waals surface area (Å²) >= 11 is 0. The Hall–Kier alpha value is -3.39. The number of rotatable bonds is 3. The summed E-state index contributed by atoms with van der Waals surface area (Å²) in [5.74, 6) is 1.50. The molecular weight excluding hydrogens is 340 g/mol. The Labute approximate surface area is 156 Å². The highest BCUT2D eigenvalue weighted by Crippen LogP contribution is 2.41. The molecule has 2 aliphatic heterocycles. The molecule has 8 heteroatoms. The van der Waals surface area contributed by atoms with Crippen LogP contribution in [-0.2, 0) is 0 Å². The van der Waals surface area contributed by atoms with Gasteiger partial charge in [-0.05, 0) is 19.9 Å². The largest absolute Gasteiger partial charge is 0.377 e. The van der Waals surface area contributed by atoms with Gasteiger partial charge in [-0.15, -0.1) is 0 Å². The average Bonchev–Trinajstić information content (AvgIpc) is 3.39. The summed E-state index contributed by atoms with van der Waals surface area (Å²) < 4.78 is 0.499. The zero-order valence-electron chi connectivity index (χ0n) is 15.2. The molecule has 0 amide bonds. The predicted molar refractivity (Wildman–Crippen MR) is 105 cm³/mol. The number of nitrogens with zero attached hydrogens (tertiary/aromatic N) is 5. The second-order valence-corrected chi connectivity index (χ2v) is 7.19. The van der Waals surface area contributed by atoms with E-state index in [-0.39, 0.29) is 6.04 Å². The third-order valence-electron chi connectivity index (χ3n) is 5.41. The highest BCUT2D eigenvalue weighted by molar-refractivity contribution is 6.05. The molecule has 4 heterocycles. The summed E-state index contributed by atoms with van der Waals surface area (Å²) in [5, 5.41) is 15.2. The van der Waals surface area contributed by atoms with Gasteiger partial charge in [0.05, 0.1) is 42.4 Å². The van der Waals surface area contributed by atoms with Crippen LogP contribution < -0.4 is 10.2 Å². The summed E-state index contributed by atoms with van der Waals surface area (Å²) in [7, 11) is 0. The lowest BCUT2D eigenvalue weighted by molar-refractivity contribution is 0.316. The summed E-state index contributed by atoms with van der Waals surface area (Å²) in [6, 6.07) is 6.43. The third kappa shape index (κ3) is 2.16. The van der Waals surface area contributed by atoms with Gasteiger partial charge in [0.2, 0.25) is 5.82 Å². The molecule has 3 aromatic rings. The second-order valence-electron chi connectivity index (χ2n) is 7.19. The number of aliphatic imine (C=N–C) groups is 1. The molecule has 27 heavy (non-hydrogen) atoms. The minimum absolute atomic E-state index is 0.246. The van der Waals surface area contributed by atoms with Crippen molar-refractivity contribution in [2.45, 2.75) is 19.9 Å². The fourth-order valence-corrected chi connectivity index (χ4v) is 4.04. The van der Waals surface area contributed by atoms with Gasteiger partial charge in [0.1, 0.15) is 12.4 Å². The number of fused-ring (bicyclic) bond motifs is 2. The fraction of sp³-hybridized carbons (Fsp3) is 0.211. The van der Waals surface area contributed by atoms with Gasteiger partial charge in [-0.25, -0.2) is 9.48 Å². The van der Waals surface area contributed by atoms with Crippen molar-refractivity contribution in [1.82, 2.24) is 29.8 Å². The summed E-state index contributed by atoms with van der Waals surface area (Å²) in [6.07, 6.45) is 9.84. The maximum absolute atomic E-state index is 6.50. The van der Waals surface area contributed by atoms with Crippen molar-refractivity contribution in [3.63, 3.8) is 0 Å². The van der Waals surface area contributed by atoms with Gasteiger partial charge in [0.25, 0.3) is 5.82 Å². The lowest BCUT2D eigenvalue weighted by Crippen LogP contribution is -2.51. The molecule has 136 valence electrons. The molecule has 1 aromatic carbocycles. The molecule has 8 nitrogen and oxygen atoms in total. The standard InChI is InChI=1S/C19H21N8/c1-12(2)27(15-9-21-22-10-15)6-5-26-11-17(24-18(20)19(26)27)13-3-4-14-8-23-25-16(14)7-13/h3-10,12H,11,20H2,1-2H3,(H,21,22)(H,23,25)/q+1. The number of H-pyrrole nitrogens is 2. The first-order chi connectivity index (χ1) is 13.1. The van der Waals surface area contributed by atoms with E-state index in [1.54, 1.807) is 0 Å². The molecule has 1 unspecified atom stereocenters. The molecule has 0 saturated carbocycles. The van der Waals surface area contributed by atoms with Gasteiger partial charge in [0.15, 0.2) is 5.69 Å². The first-order valence-corrected chi connectivity index (χ1v) is 8.95. The molecule has 0 saturated heterocycles. The molecule has 5 rings (SSSR count). The van der Waals surface area contributed by atoms with Crippen LogP contribution in [0.2, 0.25) is 0 Å². The Kier molecular flexibility index (Phi) is 3.26. The Morgan fingerprint density at radius 3 is 2.89 bits per heavy atom. The van der Waals surface area contributed by atoms with Crippen molar-refractivity contribution in [1.29, 1.82) is 0 Å². The minimum atomic E-state index is 0.246. The molecule has 0 fully saturated rings. The van der Waals surface area contributed by atoms with Crippen LogP contribution in [0.25, 0.3) is 10.9 Å². The monoisotopic (exact) mass is 361 g/mol. The van der Waals surface area contributed by atoms with Crippen LogP contribution in [-0.4, -0.2) is 43.6 Å². The predicted octanol–water partition coefficient (Wildman–Crippen LogP) is 2.38. The second kappa shape index (κ2) is 5.55. The molecule has 0 bridgehead atoms. The Balaban J connectivity index is 1.63. The highest BCUT2D eigenvalue weighted by atomic mass is 15.5. The molecule has 2 aliphatic rings. The summed E-state index contributed by atoms with van der Waals surface area (Å²) in [4.78, 5) is 6.97. The van der Waals surface area contributed by atoms with Crippen molar-refractivity contribution in [2.75, 3.05) is 6.54 Å². The van der Waals surface area contributed by atoms with Crippen molar-refractivity contribution in [2.24, 2.45) is 10.7 Å². The number of hydrogen-bond donors (Lipinski definition) is 3. The van der Waals surface area contributed by atoms with E-state index in [1.807, 2.05) is 24.7 Å². The van der Waals surface area contributed by atoms with Crippen molar-refractivity contribution < 1.29 is 0 Å². The lowest BCUT2D eigenvalue weighted by Gasteiger charge is -2.38. The van der Waals surface area contributed by atoms with Gasteiger partial charge < -0.3 is 5.73 Å². The van der Waals surface area contributed by atoms with Gasteiger partial charge in [-0.2, -0.15) is 10.2 Å². The van der Waals surface area contributed by atoms with Crippen LogP contribution in [0.3, 0.4) is 0 Å². The number of aromatic nitrogens is 4. The number of nitrogens with two attached hydrogens (primary N) is 1. The first-order valence-electron chi connectivity index (χ1n) is 8.95. The normalized spacial score (nSPS) is 22.0. The van der Waals surface area contributed by atoms with Crippen LogP contribution in [0.4, 0.5) is 5.69 Å². The van der Waals surface area contributed by atoms with E-state index in [2.05, 4.69) is 63.7 Å². The SMILES string of the molecule is CC(C)[N+]1(c2cn[nH]c2)C=CN2CC(c3ccc4cn[nH]c4c3)=NC(N)=C21. The number of benzene rings is 1. The molecular formula is C19H21N8+. The van der Waals surface area contributed by atoms with Crippen LogP contribution >= 0.6 is 0 Å². The van der Waals surface area contributed by atoms with E-state index in [0.717, 1.165) is 33.7 Å². The zero-order valence-corrected chi connectivity index (χ0v) is 15.2. The number of aromatic amines is 2. The van der Waals surface area contributed by atoms with E-state index >= 15 is 0 Å². The van der Waals surface area contributed by atoms with Crippen LogP contribution in [0.1, 0.15) is 19.4 Å². The quantitative estimate of drug-likeness (QED) is 0.624. The number of hydrogen-bond acceptors (Lipinski definition) is 5. The lowest BCUT2D eigenvalue weighted by atomic mass is 10.1. The Bertz CT molecular complexity index is 1100. The number of nitrogens with one attached hydrogen (secondary N) is 2. The van der Waals surface area contributed by atoms with Crippen molar-refractivity contribution >= 4 is 22.3 Å². The summed E-state index contributed by atoms with van der Waals surface area (Å²) in [5.41, 5.74) is 10.5. The van der Waals surface area contributed by atoms with E-state index in [4.69, 9.17) is 10.7 Å². The topological polar surface area (TPSA) is 99.0 Å². The van der Waals surface area contributed by atoms with Crippen molar-refractivity contribution in [3.8, 4) is 0 Å². The molecule has 2 aromatic heterocycles. The minimum Gasteiger partial charge on any atom is -0.377 e. The van der Waals surface area contributed by atoms with E-state index in [0.29, 0.717) is 16.8 Å². The average molecular weight is 361 g/mol. The van der Waals surface area contributed by atoms with E-state index < -0.39 is 0 Å². The zero-order chi connectivity index (χ0) is 18.6. The molecule has 0 spiro atoms. The molecule has 0 aliphatic carbocycles. The Morgan fingerprint density at radius 1 is 1.22 bits per heavy atom. The fourth-order valence-electron chi connectivity index (χ4n) is 4.04. The van der Waals surface area contributed by atoms with E-state index in [1.165, 1.54) is 0 Å². The summed E-state index contributed by atoms with van der Waals surface area (Å²) in [6.45, 7) is 5.01. The van der Waals surface area contributed by atoms with Gasteiger partial charge in [-0.1, -0.05) is 12.1 Å². The van der Waals surface area contributed by atoms with Gasteiger partial charge in [0, 0.05) is 10.9 Å². The maximum Gasteiger partial charge on any atom is 0.261 e. The van der Waals surface area contributed by atoms with Gasteiger partial charge >= 0.3 is 0 Å². The van der Waals surface area contributed by atoms with Gasteiger partial charge in [-0.3, -0.25) is 15.1 Å².